The fraction of sp³-hybridized carbons (Fsp3) is 0.154. The summed E-state index contributed by atoms with van der Waals surface area (Å²) in [7, 11) is -3.79. The second kappa shape index (κ2) is 7.29. The molecule has 150 valence electrons. The zero-order valence-electron chi connectivity index (χ0n) is 16.8. The maximum atomic E-state index is 14.2. The van der Waals surface area contributed by atoms with Gasteiger partial charge < -0.3 is 0 Å². The van der Waals surface area contributed by atoms with Crippen molar-refractivity contribution in [2.75, 3.05) is 4.31 Å². The van der Waals surface area contributed by atoms with Crippen LogP contribution in [0.5, 0.6) is 0 Å². The van der Waals surface area contributed by atoms with Crippen molar-refractivity contribution in [3.63, 3.8) is 0 Å². The van der Waals surface area contributed by atoms with E-state index >= 15 is 0 Å². The van der Waals surface area contributed by atoms with Crippen LogP contribution in [0.1, 0.15) is 36.4 Å². The lowest BCUT2D eigenvalue weighted by Gasteiger charge is -2.41. The molecule has 0 aliphatic carbocycles. The third-order valence-corrected chi connectivity index (χ3v) is 7.92. The highest BCUT2D eigenvalue weighted by molar-refractivity contribution is 7.93. The van der Waals surface area contributed by atoms with Crippen LogP contribution >= 0.6 is 0 Å². The lowest BCUT2D eigenvalue weighted by Crippen LogP contribution is -2.39. The molecule has 1 aliphatic heterocycles. The normalized spacial score (nSPS) is 18.9. The Bertz CT molecular complexity index is 1310. The van der Waals surface area contributed by atoms with Crippen LogP contribution in [0.2, 0.25) is 0 Å². The number of nitrogens with zero attached hydrogens (tertiary/aromatic N) is 1. The Balaban J connectivity index is 1.77. The van der Waals surface area contributed by atoms with E-state index in [1.165, 1.54) is 0 Å². The van der Waals surface area contributed by atoms with Crippen molar-refractivity contribution in [1.82, 2.24) is 0 Å². The Morgan fingerprint density at radius 3 is 2.27 bits per heavy atom. The lowest BCUT2D eigenvalue weighted by molar-refractivity contribution is 0.523. The SMILES string of the molecule is C[C@@H]1C[C@H](c2ccccc2)N(S(=O)(=O)c2cccc3ccccc23)c2ccccc21. The highest BCUT2D eigenvalue weighted by atomic mass is 32.2. The Hall–Kier alpha value is -3.11. The molecule has 2 atom stereocenters. The standard InChI is InChI=1S/C26H23NO2S/c1-19-18-25(21-11-3-2-4-12-21)27(24-16-8-7-14-22(19)24)30(28,29)26-17-9-13-20-10-5-6-15-23(20)26/h2-17,19,25H,18H2,1H3/t19-,25-/m1/s1. The maximum Gasteiger partial charge on any atom is 0.265 e. The van der Waals surface area contributed by atoms with Gasteiger partial charge in [0.2, 0.25) is 0 Å². The molecule has 5 rings (SSSR count). The van der Waals surface area contributed by atoms with E-state index in [9.17, 15) is 8.42 Å². The Kier molecular flexibility index (Phi) is 4.59. The van der Waals surface area contributed by atoms with Crippen LogP contribution in [0.25, 0.3) is 10.8 Å². The second-order valence-electron chi connectivity index (χ2n) is 7.90. The molecule has 1 heterocycles. The van der Waals surface area contributed by atoms with E-state index in [1.54, 1.807) is 10.4 Å². The monoisotopic (exact) mass is 413 g/mol. The summed E-state index contributed by atoms with van der Waals surface area (Å²) in [6.45, 7) is 2.18. The first-order valence-electron chi connectivity index (χ1n) is 10.2. The summed E-state index contributed by atoms with van der Waals surface area (Å²) < 4.78 is 30.0. The number of fused-ring (bicyclic) bond motifs is 2. The van der Waals surface area contributed by atoms with Gasteiger partial charge in [0, 0.05) is 5.39 Å². The van der Waals surface area contributed by atoms with E-state index in [4.69, 9.17) is 0 Å². The van der Waals surface area contributed by atoms with Crippen molar-refractivity contribution >= 4 is 26.5 Å². The molecule has 3 nitrogen and oxygen atoms in total. The zero-order valence-corrected chi connectivity index (χ0v) is 17.6. The number of anilines is 1. The molecule has 0 N–H and O–H groups in total. The molecule has 0 radical (unpaired) electrons. The lowest BCUT2D eigenvalue weighted by atomic mass is 9.86. The van der Waals surface area contributed by atoms with Gasteiger partial charge in [0.25, 0.3) is 10.0 Å². The van der Waals surface area contributed by atoms with Gasteiger partial charge in [0.15, 0.2) is 0 Å². The third kappa shape index (κ3) is 2.99. The van der Waals surface area contributed by atoms with Crippen LogP contribution in [0.15, 0.2) is 102 Å². The molecule has 0 saturated heterocycles. The summed E-state index contributed by atoms with van der Waals surface area (Å²) in [5, 5.41) is 1.68. The molecule has 0 amide bonds. The Morgan fingerprint density at radius 1 is 0.767 bits per heavy atom. The Morgan fingerprint density at radius 2 is 1.43 bits per heavy atom. The largest absolute Gasteiger partial charge is 0.265 e. The van der Waals surface area contributed by atoms with Crippen LogP contribution in [0.4, 0.5) is 5.69 Å². The maximum absolute atomic E-state index is 14.2. The predicted octanol–water partition coefficient (Wildman–Crippen LogP) is 6.28. The summed E-state index contributed by atoms with van der Waals surface area (Å²) >= 11 is 0. The van der Waals surface area contributed by atoms with E-state index in [2.05, 4.69) is 6.92 Å². The minimum absolute atomic E-state index is 0.250. The quantitative estimate of drug-likeness (QED) is 0.396. The van der Waals surface area contributed by atoms with Crippen molar-refractivity contribution in [3.8, 4) is 0 Å². The molecule has 0 spiro atoms. The molecule has 0 aromatic heterocycles. The highest BCUT2D eigenvalue weighted by Gasteiger charge is 2.39. The van der Waals surface area contributed by atoms with Crippen LogP contribution in [0, 0.1) is 0 Å². The van der Waals surface area contributed by atoms with Crippen LogP contribution in [0.3, 0.4) is 0 Å². The average Bonchev–Trinajstić information content (AvgIpc) is 2.79. The topological polar surface area (TPSA) is 37.4 Å². The van der Waals surface area contributed by atoms with Crippen molar-refractivity contribution in [3.05, 3.63) is 108 Å². The van der Waals surface area contributed by atoms with Gasteiger partial charge >= 0.3 is 0 Å². The smallest absolute Gasteiger partial charge is 0.259 e. The number of hydrogen-bond donors (Lipinski definition) is 0. The molecule has 0 saturated carbocycles. The summed E-state index contributed by atoms with van der Waals surface area (Å²) in [6.07, 6.45) is 0.741. The number of hydrogen-bond acceptors (Lipinski definition) is 2. The van der Waals surface area contributed by atoms with Gasteiger partial charge in [-0.05, 0) is 41.0 Å². The third-order valence-electron chi connectivity index (χ3n) is 6.04. The molecule has 0 fully saturated rings. The molecule has 0 bridgehead atoms. The first kappa shape index (κ1) is 18.9. The summed E-state index contributed by atoms with van der Waals surface area (Å²) in [4.78, 5) is 0.353. The average molecular weight is 414 g/mol. The number of sulfonamides is 1. The van der Waals surface area contributed by atoms with Crippen LogP contribution < -0.4 is 4.31 Å². The molecular weight excluding hydrogens is 390 g/mol. The van der Waals surface area contributed by atoms with Gasteiger partial charge in [0.1, 0.15) is 0 Å². The predicted molar refractivity (Wildman–Crippen MR) is 122 cm³/mol. The van der Waals surface area contributed by atoms with Crippen LogP contribution in [-0.4, -0.2) is 8.42 Å². The van der Waals surface area contributed by atoms with Gasteiger partial charge in [-0.3, -0.25) is 4.31 Å². The fourth-order valence-electron chi connectivity index (χ4n) is 4.60. The molecule has 4 aromatic carbocycles. The van der Waals surface area contributed by atoms with Crippen molar-refractivity contribution in [2.24, 2.45) is 0 Å². The van der Waals surface area contributed by atoms with E-state index in [1.807, 2.05) is 91.0 Å². The van der Waals surface area contributed by atoms with E-state index in [0.29, 0.717) is 4.90 Å². The van der Waals surface area contributed by atoms with Gasteiger partial charge in [-0.2, -0.15) is 0 Å². The summed E-state index contributed by atoms with van der Waals surface area (Å²) in [6, 6.07) is 30.8. The number of para-hydroxylation sites is 1. The van der Waals surface area contributed by atoms with Crippen molar-refractivity contribution in [2.45, 2.75) is 30.2 Å². The summed E-state index contributed by atoms with van der Waals surface area (Å²) in [5.74, 6) is 0.269. The zero-order chi connectivity index (χ0) is 20.7. The second-order valence-corrected chi connectivity index (χ2v) is 9.68. The van der Waals surface area contributed by atoms with Crippen molar-refractivity contribution in [1.29, 1.82) is 0 Å². The van der Waals surface area contributed by atoms with Gasteiger partial charge in [-0.25, -0.2) is 8.42 Å². The van der Waals surface area contributed by atoms with Crippen molar-refractivity contribution < 1.29 is 8.42 Å². The first-order chi connectivity index (χ1) is 14.6. The van der Waals surface area contributed by atoms with Gasteiger partial charge in [-0.15, -0.1) is 0 Å². The van der Waals surface area contributed by atoms with E-state index < -0.39 is 10.0 Å². The fourth-order valence-corrected chi connectivity index (χ4v) is 6.49. The molecule has 1 aliphatic rings. The highest BCUT2D eigenvalue weighted by Crippen LogP contribution is 2.47. The molecule has 0 unspecified atom stereocenters. The van der Waals surface area contributed by atoms with Gasteiger partial charge in [0.05, 0.1) is 16.6 Å². The minimum atomic E-state index is -3.79. The first-order valence-corrected chi connectivity index (χ1v) is 11.7. The number of benzene rings is 4. The molecule has 4 heteroatoms. The van der Waals surface area contributed by atoms with Gasteiger partial charge in [-0.1, -0.05) is 91.9 Å². The van der Waals surface area contributed by atoms with Crippen LogP contribution in [-0.2, 0) is 10.0 Å². The minimum Gasteiger partial charge on any atom is -0.259 e. The van der Waals surface area contributed by atoms with E-state index in [0.717, 1.165) is 34.0 Å². The number of rotatable bonds is 3. The van der Waals surface area contributed by atoms with E-state index in [-0.39, 0.29) is 12.0 Å². The summed E-state index contributed by atoms with van der Waals surface area (Å²) in [5.41, 5.74) is 2.87. The molecule has 30 heavy (non-hydrogen) atoms. The molecular formula is C26H23NO2S. The Labute approximate surface area is 177 Å². The molecule has 4 aromatic rings.